The molecule has 0 radical (unpaired) electrons. The predicted molar refractivity (Wildman–Crippen MR) is 76.8 cm³/mol. The summed E-state index contributed by atoms with van der Waals surface area (Å²) in [6.07, 6.45) is 0.562. The number of aliphatic hydroxyl groups excluding tert-OH is 1. The summed E-state index contributed by atoms with van der Waals surface area (Å²) in [6, 6.07) is 4.86. The number of aliphatic hydroxyl groups is 1. The molecule has 0 unspecified atom stereocenters. The van der Waals surface area contributed by atoms with E-state index >= 15 is 0 Å². The average Bonchev–Trinajstić information content (AvgIpc) is 2.39. The molecule has 0 aliphatic rings. The van der Waals surface area contributed by atoms with Crippen molar-refractivity contribution in [2.45, 2.75) is 26.3 Å². The van der Waals surface area contributed by atoms with Crippen LogP contribution in [0.25, 0.3) is 0 Å². The lowest BCUT2D eigenvalue weighted by Crippen LogP contribution is -2.43. The number of benzene rings is 1. The number of amides is 2. The highest BCUT2D eigenvalue weighted by molar-refractivity contribution is 9.10. The summed E-state index contributed by atoms with van der Waals surface area (Å²) in [5, 5.41) is 13.9. The number of anilines is 1. The number of carbonyl (C=O) groups excluding carboxylic acids is 2. The second-order valence-electron chi connectivity index (χ2n) is 4.18. The Kier molecular flexibility index (Phi) is 5.98. The minimum Gasteiger partial charge on any atom is -0.394 e. The fraction of sp³-hybridized carbons (Fsp3) is 0.385. The molecule has 2 amide bonds. The molecule has 1 atom stereocenters. The Morgan fingerprint density at radius 3 is 2.58 bits per heavy atom. The normalized spacial score (nSPS) is 11.8. The summed E-state index contributed by atoms with van der Waals surface area (Å²) >= 11 is 3.36. The van der Waals surface area contributed by atoms with Crippen LogP contribution < -0.4 is 10.6 Å². The highest BCUT2D eigenvalue weighted by Crippen LogP contribution is 2.19. The van der Waals surface area contributed by atoms with Crippen molar-refractivity contribution in [1.29, 1.82) is 0 Å². The van der Waals surface area contributed by atoms with Crippen molar-refractivity contribution in [3.63, 3.8) is 0 Å². The lowest BCUT2D eigenvalue weighted by atomic mass is 10.2. The summed E-state index contributed by atoms with van der Waals surface area (Å²) in [7, 11) is 0. The number of aryl methyl sites for hydroxylation is 1. The van der Waals surface area contributed by atoms with Crippen molar-refractivity contribution in [1.82, 2.24) is 5.32 Å². The van der Waals surface area contributed by atoms with Gasteiger partial charge < -0.3 is 15.7 Å². The number of hydrogen-bond donors (Lipinski definition) is 3. The molecule has 0 fully saturated rings. The van der Waals surface area contributed by atoms with Gasteiger partial charge in [0.15, 0.2) is 0 Å². The molecule has 0 spiro atoms. The Hall–Kier alpha value is -1.40. The molecule has 0 bridgehead atoms. The van der Waals surface area contributed by atoms with E-state index in [1.807, 2.05) is 13.8 Å². The summed E-state index contributed by atoms with van der Waals surface area (Å²) in [5.41, 5.74) is 1.51. The molecular weight excluding hydrogens is 312 g/mol. The van der Waals surface area contributed by atoms with Crippen molar-refractivity contribution in [2.24, 2.45) is 0 Å². The van der Waals surface area contributed by atoms with Crippen molar-refractivity contribution < 1.29 is 14.7 Å². The summed E-state index contributed by atoms with van der Waals surface area (Å²) < 4.78 is 0.932. The van der Waals surface area contributed by atoms with Crippen molar-refractivity contribution in [3.05, 3.63) is 28.2 Å². The fourth-order valence-corrected chi connectivity index (χ4v) is 1.68. The molecule has 1 rings (SSSR count). The van der Waals surface area contributed by atoms with Gasteiger partial charge in [0.05, 0.1) is 12.6 Å². The molecule has 1 aromatic rings. The third-order valence-corrected chi connectivity index (χ3v) is 3.56. The third-order valence-electron chi connectivity index (χ3n) is 2.67. The molecule has 104 valence electrons. The molecule has 0 aromatic heterocycles. The summed E-state index contributed by atoms with van der Waals surface area (Å²) in [6.45, 7) is 3.52. The van der Waals surface area contributed by atoms with Crippen molar-refractivity contribution >= 4 is 33.4 Å². The van der Waals surface area contributed by atoms with Crippen LogP contribution in [0.5, 0.6) is 0 Å². The minimum absolute atomic E-state index is 0.188. The standard InChI is InChI=1S/C13H17BrN2O3/c1-3-9(7-17)15-12(18)13(19)16-10-4-5-11(14)8(2)6-10/h4-6,9,17H,3,7H2,1-2H3,(H,15,18)(H,16,19)/t9-/m0/s1. The number of nitrogens with one attached hydrogen (secondary N) is 2. The summed E-state index contributed by atoms with van der Waals surface area (Å²) in [5.74, 6) is -1.49. The second kappa shape index (κ2) is 7.25. The quantitative estimate of drug-likeness (QED) is 0.734. The Morgan fingerprint density at radius 2 is 2.05 bits per heavy atom. The van der Waals surface area contributed by atoms with E-state index in [2.05, 4.69) is 26.6 Å². The van der Waals surface area contributed by atoms with Gasteiger partial charge in [0.25, 0.3) is 0 Å². The maximum Gasteiger partial charge on any atom is 0.313 e. The lowest BCUT2D eigenvalue weighted by Gasteiger charge is -2.13. The zero-order valence-electron chi connectivity index (χ0n) is 10.9. The van der Waals surface area contributed by atoms with Gasteiger partial charge in [-0.25, -0.2) is 0 Å². The molecule has 0 aliphatic heterocycles. The topological polar surface area (TPSA) is 78.4 Å². The van der Waals surface area contributed by atoms with Crippen LogP contribution in [-0.4, -0.2) is 29.6 Å². The van der Waals surface area contributed by atoms with Gasteiger partial charge in [-0.05, 0) is 37.1 Å². The highest BCUT2D eigenvalue weighted by Gasteiger charge is 2.17. The number of carbonyl (C=O) groups is 2. The van der Waals surface area contributed by atoms with E-state index in [1.165, 1.54) is 0 Å². The number of halogens is 1. The van der Waals surface area contributed by atoms with Gasteiger partial charge in [-0.15, -0.1) is 0 Å². The van der Waals surface area contributed by atoms with Gasteiger partial charge >= 0.3 is 11.8 Å². The molecular formula is C13H17BrN2O3. The summed E-state index contributed by atoms with van der Waals surface area (Å²) in [4.78, 5) is 23.2. The van der Waals surface area contributed by atoms with E-state index < -0.39 is 17.9 Å². The van der Waals surface area contributed by atoms with Crippen LogP contribution in [0.4, 0.5) is 5.69 Å². The molecule has 6 heteroatoms. The van der Waals surface area contributed by atoms with E-state index in [-0.39, 0.29) is 6.61 Å². The van der Waals surface area contributed by atoms with Gasteiger partial charge in [0, 0.05) is 10.2 Å². The van der Waals surface area contributed by atoms with Crippen molar-refractivity contribution in [3.8, 4) is 0 Å². The fourth-order valence-electron chi connectivity index (χ4n) is 1.44. The van der Waals surface area contributed by atoms with Gasteiger partial charge in [-0.1, -0.05) is 22.9 Å². The van der Waals surface area contributed by atoms with E-state index in [0.29, 0.717) is 12.1 Å². The first-order valence-electron chi connectivity index (χ1n) is 5.96. The zero-order valence-corrected chi connectivity index (χ0v) is 12.5. The molecule has 3 N–H and O–H groups in total. The van der Waals surface area contributed by atoms with Gasteiger partial charge in [-0.3, -0.25) is 9.59 Å². The minimum atomic E-state index is -0.749. The maximum absolute atomic E-state index is 11.7. The maximum atomic E-state index is 11.7. The van der Waals surface area contributed by atoms with Crippen LogP contribution in [-0.2, 0) is 9.59 Å². The zero-order chi connectivity index (χ0) is 14.4. The Balaban J connectivity index is 2.63. The average molecular weight is 329 g/mol. The molecule has 1 aromatic carbocycles. The monoisotopic (exact) mass is 328 g/mol. The van der Waals surface area contributed by atoms with E-state index in [4.69, 9.17) is 5.11 Å². The first kappa shape index (κ1) is 15.7. The Labute approximate surface area is 120 Å². The SMILES string of the molecule is CC[C@@H](CO)NC(=O)C(=O)Nc1ccc(Br)c(C)c1. The highest BCUT2D eigenvalue weighted by atomic mass is 79.9. The Bertz CT molecular complexity index is 473. The van der Waals surface area contributed by atoms with Gasteiger partial charge in [-0.2, -0.15) is 0 Å². The molecule has 19 heavy (non-hydrogen) atoms. The first-order valence-corrected chi connectivity index (χ1v) is 6.76. The molecule has 0 saturated carbocycles. The van der Waals surface area contributed by atoms with Crippen LogP contribution in [0.15, 0.2) is 22.7 Å². The van der Waals surface area contributed by atoms with E-state index in [1.54, 1.807) is 18.2 Å². The predicted octanol–water partition coefficient (Wildman–Crippen LogP) is 1.58. The van der Waals surface area contributed by atoms with Crippen LogP contribution in [0.1, 0.15) is 18.9 Å². The van der Waals surface area contributed by atoms with Gasteiger partial charge in [0.1, 0.15) is 0 Å². The molecule has 5 nitrogen and oxygen atoms in total. The van der Waals surface area contributed by atoms with Gasteiger partial charge in [0.2, 0.25) is 0 Å². The lowest BCUT2D eigenvalue weighted by molar-refractivity contribution is -0.136. The number of rotatable bonds is 4. The van der Waals surface area contributed by atoms with Crippen LogP contribution in [0, 0.1) is 6.92 Å². The Morgan fingerprint density at radius 1 is 1.37 bits per heavy atom. The molecule has 0 heterocycles. The smallest absolute Gasteiger partial charge is 0.313 e. The third kappa shape index (κ3) is 4.65. The van der Waals surface area contributed by atoms with Crippen LogP contribution in [0.2, 0.25) is 0 Å². The first-order chi connectivity index (χ1) is 8.97. The largest absolute Gasteiger partial charge is 0.394 e. The van der Waals surface area contributed by atoms with Crippen LogP contribution >= 0.6 is 15.9 Å². The molecule has 0 aliphatic carbocycles. The van der Waals surface area contributed by atoms with E-state index in [9.17, 15) is 9.59 Å². The van der Waals surface area contributed by atoms with Crippen molar-refractivity contribution in [2.75, 3.05) is 11.9 Å². The number of hydrogen-bond acceptors (Lipinski definition) is 3. The molecule has 0 saturated heterocycles. The van der Waals surface area contributed by atoms with E-state index in [0.717, 1.165) is 10.0 Å². The second-order valence-corrected chi connectivity index (χ2v) is 5.03. The van der Waals surface area contributed by atoms with Crippen LogP contribution in [0.3, 0.4) is 0 Å².